The maximum Gasteiger partial charge on any atom is 0.373 e. The summed E-state index contributed by atoms with van der Waals surface area (Å²) >= 11 is 15.9. The number of carbonyl (C=O) groups is 9. The van der Waals surface area contributed by atoms with Crippen LogP contribution in [-0.2, 0) is 80.6 Å². The number of hydrogen-bond donors (Lipinski definition) is 3. The van der Waals surface area contributed by atoms with Crippen LogP contribution in [0.3, 0.4) is 0 Å². The number of ether oxygens (including phenoxy) is 2. The Morgan fingerprint density at radius 3 is 1.04 bits per heavy atom. The van der Waals surface area contributed by atoms with Gasteiger partial charge >= 0.3 is 21.5 Å². The third kappa shape index (κ3) is 31.4. The largest absolute Gasteiger partial charge is 0.633 e. The van der Waals surface area contributed by atoms with Gasteiger partial charge in [-0.1, -0.05) is 147 Å². The first-order valence-electron chi connectivity index (χ1n) is 32.4. The second-order valence-corrected chi connectivity index (χ2v) is 32.4. The number of amides is 4. The number of halogens is 5. The summed E-state index contributed by atoms with van der Waals surface area (Å²) in [5, 5.41) is 38.6. The first-order chi connectivity index (χ1) is 52.0. The Balaban J connectivity index is 0.00000136. The molecule has 114 heavy (non-hydrogen) atoms. The number of rotatable bonds is 14. The molecule has 0 bridgehead atoms. The Morgan fingerprint density at radius 2 is 0.772 bits per heavy atom. The number of carbonyl (C=O) groups excluding carboxylic acids is 13. The number of Topliss-reactive ketones (excluding diaryl/α,β-unsaturated/α-hetero) is 4. The zero-order valence-corrected chi connectivity index (χ0v) is 68.7. The molecule has 0 unspecified atom stereocenters. The normalized spacial score (nSPS) is 12.0. The molecule has 4 aliphatic rings. The van der Waals surface area contributed by atoms with Crippen LogP contribution in [0.5, 0.6) is 23.0 Å². The van der Waals surface area contributed by atoms with E-state index in [0.29, 0.717) is 77.7 Å². The number of hydrogen-bond acceptors (Lipinski definition) is 20. The molecule has 0 aliphatic carbocycles. The lowest BCUT2D eigenvalue weighted by Gasteiger charge is -2.27. The van der Waals surface area contributed by atoms with Crippen molar-refractivity contribution in [1.29, 1.82) is 0 Å². The summed E-state index contributed by atoms with van der Waals surface area (Å²) in [4.78, 5) is 148. The van der Waals surface area contributed by atoms with Gasteiger partial charge in [0.15, 0.2) is 0 Å². The van der Waals surface area contributed by atoms with Crippen LogP contribution in [0.25, 0.3) is 12.2 Å². The molecule has 4 amide bonds. The van der Waals surface area contributed by atoms with E-state index in [1.165, 1.54) is 26.7 Å². The molecule has 0 aromatic heterocycles. The fourth-order valence-electron chi connectivity index (χ4n) is 10.4. The summed E-state index contributed by atoms with van der Waals surface area (Å²) in [5.74, 6) is -3.00. The fourth-order valence-corrected chi connectivity index (χ4v) is 11.1. The standard InChI is InChI=1S/C21H22N2O3.C18H15NO3.C16H12BrNO3.C15H10BrNO3.C4H6O2.C3H9NO.2CO2.4CH4.BBr3/c1-4-5-14-6-8-18-17(11-14)20(25)21(26)23(18)12-15-7-9-19(24)16(10-15)13-22(2)3;1-2-3-12-6-9-16-15(10-12)17(21)18(22)19(16)11-13-4-7-14(20)8-5-13;1-21-12-5-2-10(3-6-12)9-18-14-7-4-11(17)8-13(14)15(19)16(18)20;16-10-3-6-13-12(7-10)14(19)15(20)17(13)8-9-1-4-11(18)5-2-9;1-3-4(5)6-2;1-4(2,3)5;2*2-1-3;;;;;2-1(3)4/h4-11,24H,12-13H2,1-3H3;2-10,20H,11H2,1H3;2-8H,9H2,1H3;1-7,18H,8H2;3H,1H2,2H3;1-3H3;;;4*1H4;/b5-4+;3-2+;;;;;;;;;;;. The molecule has 0 saturated heterocycles. The molecule has 12 rings (SSSR count). The van der Waals surface area contributed by atoms with E-state index in [2.05, 4.69) is 90.4 Å². The highest BCUT2D eigenvalue weighted by molar-refractivity contribution is 9.69. The second kappa shape index (κ2) is 50.4. The van der Waals surface area contributed by atoms with Crippen molar-refractivity contribution in [3.63, 3.8) is 0 Å². The van der Waals surface area contributed by atoms with Crippen LogP contribution >= 0.6 is 79.1 Å². The monoisotopic (exact) mass is 1880 g/mol. The van der Waals surface area contributed by atoms with Crippen LogP contribution < -0.4 is 24.3 Å². The highest BCUT2D eigenvalue weighted by atomic mass is 79.9. The Kier molecular flexibility index (Phi) is 45.7. The molecule has 25 nitrogen and oxygen atoms in total. The minimum Gasteiger partial charge on any atom is -0.633 e. The lowest BCUT2D eigenvalue weighted by Crippen LogP contribution is -2.29. The van der Waals surface area contributed by atoms with Gasteiger partial charge in [-0.05, 0) is 171 Å². The van der Waals surface area contributed by atoms with E-state index >= 15 is 0 Å². The van der Waals surface area contributed by atoms with E-state index in [-0.39, 0.29) is 67.1 Å². The number of methoxy groups -OCH3 is 2. The van der Waals surface area contributed by atoms with E-state index in [1.54, 1.807) is 137 Å². The van der Waals surface area contributed by atoms with Crippen molar-refractivity contribution in [3.8, 4) is 23.0 Å². The first-order valence-corrected chi connectivity index (χ1v) is 36.7. The molecule has 8 aromatic carbocycles. The average molecular weight is 1890 g/mol. The van der Waals surface area contributed by atoms with E-state index in [1.807, 2.05) is 112 Å². The number of quaternary nitrogens is 1. The van der Waals surface area contributed by atoms with Crippen molar-refractivity contribution in [3.05, 3.63) is 264 Å². The van der Waals surface area contributed by atoms with Crippen LogP contribution in [0.1, 0.15) is 124 Å². The predicted molar refractivity (Wildman–Crippen MR) is 460 cm³/mol. The Bertz CT molecular complexity index is 4770. The van der Waals surface area contributed by atoms with Gasteiger partial charge < -0.3 is 59.1 Å². The van der Waals surface area contributed by atoms with E-state index in [0.717, 1.165) is 59.7 Å². The van der Waals surface area contributed by atoms with Crippen molar-refractivity contribution >= 4 is 182 Å². The van der Waals surface area contributed by atoms with Crippen LogP contribution in [0.2, 0.25) is 0 Å². The molecule has 0 radical (unpaired) electrons. The van der Waals surface area contributed by atoms with Gasteiger partial charge in [0.05, 0.1) is 107 Å². The number of esters is 1. The summed E-state index contributed by atoms with van der Waals surface area (Å²) in [5.41, 5.74) is 10.4. The highest BCUT2D eigenvalue weighted by Crippen LogP contribution is 2.37. The molecule has 4 aliphatic heterocycles. The van der Waals surface area contributed by atoms with Crippen LogP contribution in [-0.4, -0.2) is 143 Å². The number of hydroxylamine groups is 3. The summed E-state index contributed by atoms with van der Waals surface area (Å²) < 4.78 is 10.8. The van der Waals surface area contributed by atoms with Crippen molar-refractivity contribution in [2.75, 3.05) is 69.1 Å². The summed E-state index contributed by atoms with van der Waals surface area (Å²) in [7, 11) is 11.5. The number of fused-ring (bicyclic) bond motifs is 4. The lowest BCUT2D eigenvalue weighted by molar-refractivity contribution is -0.818. The van der Waals surface area contributed by atoms with Gasteiger partial charge in [-0.3, -0.25) is 38.4 Å². The number of phenolic OH excluding ortho intramolecular Hbond substituents is 3. The number of allylic oxidation sites excluding steroid dienone is 2. The second-order valence-electron chi connectivity index (χ2n) is 24.2. The molecule has 3 N–H and O–H groups in total. The van der Waals surface area contributed by atoms with E-state index < -0.39 is 52.7 Å². The van der Waals surface area contributed by atoms with Crippen LogP contribution in [0.15, 0.2) is 198 Å². The Hall–Kier alpha value is -10.7. The van der Waals surface area contributed by atoms with Crippen molar-refractivity contribution < 1.29 is 91.8 Å². The van der Waals surface area contributed by atoms with Gasteiger partial charge in [0.25, 0.3) is 46.8 Å². The van der Waals surface area contributed by atoms with Gasteiger partial charge in [-0.25, -0.2) is 4.79 Å². The van der Waals surface area contributed by atoms with Crippen LogP contribution in [0.4, 0.5) is 22.7 Å². The fraction of sp³-hybridized carbons (Fsp3) is 0.217. The number of phenols is 3. The molecule has 0 fully saturated rings. The molecule has 0 saturated carbocycles. The molecule has 8 aromatic rings. The third-order valence-corrected chi connectivity index (χ3v) is 16.0. The number of aromatic hydroxyl groups is 3. The van der Waals surface area contributed by atoms with E-state index in [4.69, 9.17) is 23.9 Å². The molecular formula is C83H90BBr5N6O19. The quantitative estimate of drug-likeness (QED) is 0.0227. The van der Waals surface area contributed by atoms with E-state index in [9.17, 15) is 63.7 Å². The lowest BCUT2D eigenvalue weighted by atomic mass is 10.1. The molecule has 31 heteroatoms. The summed E-state index contributed by atoms with van der Waals surface area (Å²) in [6.07, 6.45) is 9.18. The van der Waals surface area contributed by atoms with Gasteiger partial charge in [-0.15, -0.1) is 47.3 Å². The van der Waals surface area contributed by atoms with Gasteiger partial charge in [0.2, 0.25) is 0 Å². The number of ketones is 4. The smallest absolute Gasteiger partial charge is 0.373 e. The van der Waals surface area contributed by atoms with Crippen LogP contribution in [0, 0.1) is 5.21 Å². The first kappa shape index (κ1) is 103. The molecule has 0 atom stereocenters. The molecular weight excluding hydrogens is 1800 g/mol. The predicted octanol–water partition coefficient (Wildman–Crippen LogP) is 16.5. The minimum atomic E-state index is -0.522. The minimum absolute atomic E-state index is 0. The summed E-state index contributed by atoms with van der Waals surface area (Å²) in [6, 6.07) is 47.3. The summed E-state index contributed by atoms with van der Waals surface area (Å²) in [6.45, 7) is 8.82. The topological polar surface area (TPSA) is 340 Å². The number of benzene rings is 8. The zero-order valence-electron chi connectivity index (χ0n) is 60.7. The Labute approximate surface area is 705 Å². The van der Waals surface area contributed by atoms with Gasteiger partial charge in [0, 0.05) is 27.1 Å². The average Bonchev–Trinajstić information content (AvgIpc) is 1.65. The van der Waals surface area contributed by atoms with Crippen molar-refractivity contribution in [2.45, 2.75) is 76.3 Å². The Morgan fingerprint density at radius 1 is 0.491 bits per heavy atom. The number of anilines is 4. The molecule has 604 valence electrons. The van der Waals surface area contributed by atoms with Gasteiger partial charge in [-0.2, -0.15) is 19.2 Å². The SMILES string of the molecule is BrB(Br)Br.C.C.C.C.C/C=C/c1ccc2c(c1)C(=O)C(=O)N2Cc1ccc(O)c(CN(C)C)c1.C/C=C/c1ccc2c(c1)C(=O)C(=O)N2Cc1ccc(O)cc1.C=CC(=O)OC.COc1ccc(CN2C(=O)C(=O)c3cc(Br)ccc32)cc1.C[N+](C)(C)[O-].O=C1C(=O)N(Cc2ccc(O)cc2)c2ccc(Br)cc21.O=C=O.O=C=O. The van der Waals surface area contributed by atoms with Gasteiger partial charge in [0.1, 0.15) is 23.0 Å². The maximum absolute atomic E-state index is 12.5. The molecule has 4 heterocycles. The maximum atomic E-state index is 12.5. The van der Waals surface area contributed by atoms with Crippen molar-refractivity contribution in [2.24, 2.45) is 0 Å². The third-order valence-electron chi connectivity index (χ3n) is 15.0. The number of nitrogens with zero attached hydrogens (tertiary/aromatic N) is 6. The molecule has 0 spiro atoms. The zero-order chi connectivity index (χ0) is 82.3. The van der Waals surface area contributed by atoms with Crippen molar-refractivity contribution in [1.82, 2.24) is 4.90 Å². The highest BCUT2D eigenvalue weighted by Gasteiger charge is 2.39.